The Balaban J connectivity index is 1.42. The Morgan fingerprint density at radius 2 is 1.93 bits per heavy atom. The summed E-state index contributed by atoms with van der Waals surface area (Å²) in [4.78, 5) is 11.7. The summed E-state index contributed by atoms with van der Waals surface area (Å²) in [5.74, 6) is 0.801. The number of methoxy groups -OCH3 is 1. The molecule has 1 saturated heterocycles. The van der Waals surface area contributed by atoms with Crippen LogP contribution in [0.1, 0.15) is 64.7 Å². The maximum Gasteiger partial charge on any atom is 0.331 e. The van der Waals surface area contributed by atoms with Crippen LogP contribution in [0.2, 0.25) is 0 Å². The Labute approximate surface area is 177 Å². The number of carbonyl (C=O) groups excluding carboxylic acids is 1. The number of hydrogen-bond acceptors (Lipinski definition) is 6. The second-order valence-electron chi connectivity index (χ2n) is 11.2. The second kappa shape index (κ2) is 6.09. The Hall–Kier alpha value is -0.950. The first kappa shape index (κ1) is 19.7. The fourth-order valence-electron chi connectivity index (χ4n) is 9.41. The predicted molar refractivity (Wildman–Crippen MR) is 107 cm³/mol. The van der Waals surface area contributed by atoms with Crippen molar-refractivity contribution in [2.24, 2.45) is 28.6 Å². The van der Waals surface area contributed by atoms with Crippen LogP contribution in [-0.2, 0) is 19.0 Å². The van der Waals surface area contributed by atoms with E-state index in [-0.39, 0.29) is 22.9 Å². The molecule has 2 aliphatic heterocycles. The summed E-state index contributed by atoms with van der Waals surface area (Å²) in [6.45, 7) is 2.83. The van der Waals surface area contributed by atoms with Crippen LogP contribution in [0.3, 0.4) is 0 Å². The largest absolute Gasteiger partial charge is 0.458 e. The van der Waals surface area contributed by atoms with Crippen LogP contribution in [0.25, 0.3) is 0 Å². The van der Waals surface area contributed by atoms with Gasteiger partial charge in [0.15, 0.2) is 6.29 Å². The molecule has 0 aromatic heterocycles. The van der Waals surface area contributed by atoms with E-state index in [4.69, 9.17) is 14.2 Å². The van der Waals surface area contributed by atoms with Gasteiger partial charge in [0.1, 0.15) is 6.61 Å². The second-order valence-corrected chi connectivity index (χ2v) is 11.2. The molecule has 0 aromatic rings. The van der Waals surface area contributed by atoms with E-state index in [1.54, 1.807) is 13.2 Å². The molecule has 2 bridgehead atoms. The van der Waals surface area contributed by atoms with Crippen LogP contribution in [0.4, 0.5) is 0 Å². The Morgan fingerprint density at radius 1 is 1.10 bits per heavy atom. The van der Waals surface area contributed by atoms with Crippen LogP contribution in [-0.4, -0.2) is 53.5 Å². The van der Waals surface area contributed by atoms with Crippen LogP contribution < -0.4 is 0 Å². The third-order valence-electron chi connectivity index (χ3n) is 10.5. The molecule has 5 fully saturated rings. The zero-order chi connectivity index (χ0) is 20.9. The van der Waals surface area contributed by atoms with Crippen LogP contribution in [0.5, 0.6) is 0 Å². The number of esters is 1. The molecule has 0 amide bonds. The average molecular weight is 419 g/mol. The highest BCUT2D eigenvalue weighted by molar-refractivity contribution is 5.85. The van der Waals surface area contributed by atoms with Gasteiger partial charge in [0.2, 0.25) is 0 Å². The number of carbonyl (C=O) groups is 1. The molecule has 9 atom stereocenters. The van der Waals surface area contributed by atoms with E-state index < -0.39 is 23.4 Å². The van der Waals surface area contributed by atoms with Gasteiger partial charge in [0.05, 0.1) is 22.7 Å². The smallest absolute Gasteiger partial charge is 0.331 e. The highest BCUT2D eigenvalue weighted by atomic mass is 16.7. The fourth-order valence-corrected chi connectivity index (χ4v) is 9.41. The van der Waals surface area contributed by atoms with Gasteiger partial charge < -0.3 is 24.4 Å². The van der Waals surface area contributed by atoms with Crippen molar-refractivity contribution in [2.75, 3.05) is 13.7 Å². The van der Waals surface area contributed by atoms with Crippen molar-refractivity contribution in [1.82, 2.24) is 0 Å². The molecular weight excluding hydrogens is 384 g/mol. The van der Waals surface area contributed by atoms with Gasteiger partial charge in [-0.05, 0) is 74.2 Å². The molecule has 6 aliphatic rings. The molecule has 0 unspecified atom stereocenters. The summed E-state index contributed by atoms with van der Waals surface area (Å²) in [6, 6.07) is 0. The molecule has 6 nitrogen and oxygen atoms in total. The first-order valence-corrected chi connectivity index (χ1v) is 11.8. The lowest BCUT2D eigenvalue weighted by Gasteiger charge is -2.63. The first-order chi connectivity index (χ1) is 14.3. The summed E-state index contributed by atoms with van der Waals surface area (Å²) in [5, 5.41) is 22.2. The van der Waals surface area contributed by atoms with Gasteiger partial charge in [-0.1, -0.05) is 6.92 Å². The van der Waals surface area contributed by atoms with E-state index in [0.29, 0.717) is 37.7 Å². The first-order valence-electron chi connectivity index (χ1n) is 11.8. The lowest BCUT2D eigenvalue weighted by atomic mass is 9.42. The van der Waals surface area contributed by atoms with E-state index in [0.717, 1.165) is 44.1 Å². The highest BCUT2D eigenvalue weighted by Crippen LogP contribution is 2.76. The molecule has 30 heavy (non-hydrogen) atoms. The molecule has 4 saturated carbocycles. The fraction of sp³-hybridized carbons (Fsp3) is 0.875. The van der Waals surface area contributed by atoms with Crippen LogP contribution >= 0.6 is 0 Å². The zero-order valence-electron chi connectivity index (χ0n) is 18.1. The monoisotopic (exact) mass is 418 g/mol. The number of hydrogen-bond donors (Lipinski definition) is 2. The zero-order valence-corrected chi connectivity index (χ0v) is 18.1. The van der Waals surface area contributed by atoms with Gasteiger partial charge in [-0.3, -0.25) is 0 Å². The van der Waals surface area contributed by atoms with E-state index in [1.807, 2.05) is 0 Å². The minimum atomic E-state index is -0.921. The molecule has 1 spiro atoms. The molecule has 2 N–H and O–H groups in total. The highest BCUT2D eigenvalue weighted by Gasteiger charge is 2.79. The number of rotatable bonds is 2. The third kappa shape index (κ3) is 2.12. The topological polar surface area (TPSA) is 85.2 Å². The SMILES string of the molecule is CO[C@@H]1O[C@@]23CC[C@]4(O)C[C@H](O)CC[C@@]14[C@H]2CC[C@]1(C)[C@@H](C2=CC(=O)OC2)CC[C@H]13. The summed E-state index contributed by atoms with van der Waals surface area (Å²) in [5.41, 5.74) is -0.394. The van der Waals surface area contributed by atoms with Crippen molar-refractivity contribution in [1.29, 1.82) is 0 Å². The third-order valence-corrected chi connectivity index (χ3v) is 10.5. The summed E-state index contributed by atoms with van der Waals surface area (Å²) in [6.07, 6.45) is 8.47. The maximum absolute atomic E-state index is 11.9. The van der Waals surface area contributed by atoms with E-state index in [9.17, 15) is 15.0 Å². The quantitative estimate of drug-likeness (QED) is 0.671. The molecular formula is C24H34O6. The minimum Gasteiger partial charge on any atom is -0.458 e. The normalized spacial score (nSPS) is 56.7. The summed E-state index contributed by atoms with van der Waals surface area (Å²) < 4.78 is 18.1. The number of cyclic esters (lactones) is 1. The van der Waals surface area contributed by atoms with Crippen molar-refractivity contribution >= 4 is 5.97 Å². The lowest BCUT2D eigenvalue weighted by Crippen LogP contribution is -2.67. The lowest BCUT2D eigenvalue weighted by molar-refractivity contribution is -0.239. The minimum absolute atomic E-state index is 0.0732. The molecule has 6 heteroatoms. The van der Waals surface area contributed by atoms with Crippen LogP contribution in [0, 0.1) is 28.6 Å². The molecule has 4 aliphatic carbocycles. The Morgan fingerprint density at radius 3 is 2.67 bits per heavy atom. The van der Waals surface area contributed by atoms with Gasteiger partial charge >= 0.3 is 5.97 Å². The molecule has 6 rings (SSSR count). The Kier molecular flexibility index (Phi) is 4.00. The van der Waals surface area contributed by atoms with Crippen molar-refractivity contribution in [3.8, 4) is 0 Å². The Bertz CT molecular complexity index is 810. The molecule has 2 heterocycles. The molecule has 166 valence electrons. The molecule has 0 aromatic carbocycles. The van der Waals surface area contributed by atoms with Crippen molar-refractivity contribution < 1.29 is 29.2 Å². The summed E-state index contributed by atoms with van der Waals surface area (Å²) in [7, 11) is 1.71. The average Bonchev–Trinajstić information content (AvgIpc) is 3.34. The van der Waals surface area contributed by atoms with Gasteiger partial charge in [0.25, 0.3) is 0 Å². The van der Waals surface area contributed by atoms with Crippen molar-refractivity contribution in [2.45, 2.75) is 88.3 Å². The van der Waals surface area contributed by atoms with E-state index >= 15 is 0 Å². The van der Waals surface area contributed by atoms with Gasteiger partial charge in [-0.15, -0.1) is 0 Å². The standard InChI is InChI=1S/C24H34O6/c1-21-7-6-18-23-8-5-15(25)12-22(23,27)9-10-24(18,30-20(23)28-2)17(21)4-3-16(21)14-11-19(26)29-13-14/h11,15-18,20,25,27H,3-10,12-13H2,1-2H3/t15-,16-,17-,18-,20-,21-,22+,23-,24-/m1/s1. The number of fused-ring (bicyclic) bond motifs is 1. The van der Waals surface area contributed by atoms with Crippen LogP contribution in [0.15, 0.2) is 11.6 Å². The number of aliphatic hydroxyl groups excluding tert-OH is 1. The number of ether oxygens (including phenoxy) is 3. The van der Waals surface area contributed by atoms with Gasteiger partial charge in [-0.2, -0.15) is 0 Å². The van der Waals surface area contributed by atoms with Crippen molar-refractivity contribution in [3.63, 3.8) is 0 Å². The van der Waals surface area contributed by atoms with E-state index in [2.05, 4.69) is 6.92 Å². The molecule has 0 radical (unpaired) electrons. The predicted octanol–water partition coefficient (Wildman–Crippen LogP) is 2.71. The summed E-state index contributed by atoms with van der Waals surface area (Å²) >= 11 is 0. The van der Waals surface area contributed by atoms with E-state index in [1.165, 1.54) is 0 Å². The maximum atomic E-state index is 11.9. The number of aliphatic hydroxyl groups is 2. The van der Waals surface area contributed by atoms with Gasteiger partial charge in [-0.25, -0.2) is 4.79 Å². The van der Waals surface area contributed by atoms with Gasteiger partial charge in [0, 0.05) is 25.5 Å². The van der Waals surface area contributed by atoms with Crippen molar-refractivity contribution in [3.05, 3.63) is 11.6 Å².